The Morgan fingerprint density at radius 2 is 0.975 bits per heavy atom. The summed E-state index contributed by atoms with van der Waals surface area (Å²) in [5.41, 5.74) is 0.929. The van der Waals surface area contributed by atoms with Crippen LogP contribution in [0.2, 0.25) is 36.3 Å². The predicted molar refractivity (Wildman–Crippen MR) is 175 cm³/mol. The van der Waals surface area contributed by atoms with E-state index in [2.05, 4.69) is 41.5 Å². The highest BCUT2D eigenvalue weighted by Gasteiger charge is 2.41. The molecule has 0 unspecified atom stereocenters. The van der Waals surface area contributed by atoms with Gasteiger partial charge in [-0.15, -0.1) is 0 Å². The van der Waals surface area contributed by atoms with Crippen molar-refractivity contribution in [3.05, 3.63) is 41.2 Å². The second-order valence-corrected chi connectivity index (χ2v) is 20.2. The van der Waals surface area contributed by atoms with Crippen LogP contribution in [0, 0.1) is 0 Å². The molecule has 0 fully saturated rings. The summed E-state index contributed by atoms with van der Waals surface area (Å²) in [6, 6.07) is 12.1. The largest absolute Gasteiger partial charge is 0.543 e. The normalized spacial score (nSPS) is 13.8. The SMILES string of the molecule is CCCC[Si](CCCC)(CCCC)OC1=CC(=O)c2c(O[Si](CCCC)(CCCC)CCCC)cccc2C1=O. The number of hydrogen-bond donors (Lipinski definition) is 0. The Morgan fingerprint density at radius 3 is 1.38 bits per heavy atom. The van der Waals surface area contributed by atoms with Crippen molar-refractivity contribution < 1.29 is 18.4 Å². The lowest BCUT2D eigenvalue weighted by molar-refractivity contribution is 0.0941. The molecular formula is C34H58O4Si2. The first kappa shape index (κ1) is 34.5. The van der Waals surface area contributed by atoms with Crippen LogP contribution >= 0.6 is 0 Å². The molecule has 1 aliphatic carbocycles. The quantitative estimate of drug-likeness (QED) is 0.127. The molecule has 226 valence electrons. The first-order valence-corrected chi connectivity index (χ1v) is 21.7. The molecule has 6 heteroatoms. The molecule has 0 aromatic heterocycles. The molecule has 1 aromatic carbocycles. The lowest BCUT2D eigenvalue weighted by Gasteiger charge is -2.35. The van der Waals surface area contributed by atoms with Crippen LogP contribution < -0.4 is 4.43 Å². The fourth-order valence-electron chi connectivity index (χ4n) is 6.04. The molecular weight excluding hydrogens is 529 g/mol. The summed E-state index contributed by atoms with van der Waals surface area (Å²) in [6.45, 7) is 13.4. The highest BCUT2D eigenvalue weighted by molar-refractivity contribution is 6.75. The number of Topliss-reactive ketones (excluding diaryl/α,β-unsaturated/α-hetero) is 1. The smallest absolute Gasteiger partial charge is 0.251 e. The van der Waals surface area contributed by atoms with Gasteiger partial charge < -0.3 is 8.85 Å². The van der Waals surface area contributed by atoms with Gasteiger partial charge in [0.1, 0.15) is 5.75 Å². The van der Waals surface area contributed by atoms with E-state index in [-0.39, 0.29) is 17.3 Å². The van der Waals surface area contributed by atoms with Gasteiger partial charge in [-0.05, 0) is 48.4 Å². The maximum Gasteiger partial charge on any atom is 0.251 e. The number of carbonyl (C=O) groups is 2. The molecule has 1 aromatic rings. The zero-order valence-corrected chi connectivity index (χ0v) is 28.7. The lowest BCUT2D eigenvalue weighted by atomic mass is 9.93. The highest BCUT2D eigenvalue weighted by atomic mass is 28.4. The predicted octanol–water partition coefficient (Wildman–Crippen LogP) is 11.0. The molecule has 2 rings (SSSR count). The number of rotatable bonds is 22. The van der Waals surface area contributed by atoms with Crippen LogP contribution in [-0.4, -0.2) is 28.2 Å². The van der Waals surface area contributed by atoms with Crippen LogP contribution in [0.25, 0.3) is 0 Å². The Kier molecular flexibility index (Phi) is 15.5. The van der Waals surface area contributed by atoms with Crippen molar-refractivity contribution >= 4 is 28.2 Å². The number of ketones is 2. The molecule has 40 heavy (non-hydrogen) atoms. The zero-order chi connectivity index (χ0) is 29.4. The van der Waals surface area contributed by atoms with Gasteiger partial charge in [0.15, 0.2) is 11.5 Å². The van der Waals surface area contributed by atoms with Crippen molar-refractivity contribution in [2.45, 2.75) is 155 Å². The summed E-state index contributed by atoms with van der Waals surface area (Å²) in [5.74, 6) is 0.655. The number of fused-ring (bicyclic) bond motifs is 1. The highest BCUT2D eigenvalue weighted by Crippen LogP contribution is 2.38. The summed E-state index contributed by atoms with van der Waals surface area (Å²) < 4.78 is 13.8. The maximum absolute atomic E-state index is 13.9. The van der Waals surface area contributed by atoms with Crippen molar-refractivity contribution in [1.82, 2.24) is 0 Å². The average molecular weight is 587 g/mol. The van der Waals surface area contributed by atoms with E-state index in [1.807, 2.05) is 12.1 Å². The van der Waals surface area contributed by atoms with Gasteiger partial charge in [-0.25, -0.2) is 0 Å². The lowest BCUT2D eigenvalue weighted by Crippen LogP contribution is -2.42. The van der Waals surface area contributed by atoms with E-state index >= 15 is 0 Å². The van der Waals surface area contributed by atoms with Crippen LogP contribution in [0.3, 0.4) is 0 Å². The monoisotopic (exact) mass is 586 g/mol. The standard InChI is InChI=1S/C34H58O4Si2/c1-7-13-22-39(23-14-8-2,24-15-9-3)37-31-21-19-20-29-33(31)30(35)28-32(34(29)36)38-40(25-16-10-4,26-17-11-5)27-18-12-6/h19-21,28H,7-18,22-27H2,1-6H3. The molecule has 0 bridgehead atoms. The van der Waals surface area contributed by atoms with Gasteiger partial charge in [0, 0.05) is 11.6 Å². The van der Waals surface area contributed by atoms with Gasteiger partial charge in [0.25, 0.3) is 16.6 Å². The van der Waals surface area contributed by atoms with Crippen LogP contribution in [0.4, 0.5) is 0 Å². The number of hydrogen-bond acceptors (Lipinski definition) is 4. The summed E-state index contributed by atoms with van der Waals surface area (Å²) >= 11 is 0. The number of allylic oxidation sites excluding steroid dienone is 2. The van der Waals surface area contributed by atoms with Gasteiger partial charge in [0.2, 0.25) is 5.78 Å². The minimum Gasteiger partial charge on any atom is -0.543 e. The summed E-state index contributed by atoms with van der Waals surface area (Å²) in [4.78, 5) is 27.7. The Labute approximate surface area is 248 Å². The Bertz CT molecular complexity index is 912. The van der Waals surface area contributed by atoms with Crippen LogP contribution in [0.1, 0.15) is 139 Å². The number of benzene rings is 1. The third-order valence-corrected chi connectivity index (χ3v) is 17.5. The molecule has 1 aliphatic rings. The van der Waals surface area contributed by atoms with Gasteiger partial charge >= 0.3 is 0 Å². The summed E-state index contributed by atoms with van der Waals surface area (Å²) in [5, 5.41) is 0. The molecule has 0 atom stereocenters. The third-order valence-electron chi connectivity index (χ3n) is 8.57. The zero-order valence-electron chi connectivity index (χ0n) is 26.7. The second kappa shape index (κ2) is 18.0. The summed E-state index contributed by atoms with van der Waals surface area (Å²) in [6.07, 6.45) is 15.1. The van der Waals surface area contributed by atoms with E-state index in [0.717, 1.165) is 113 Å². The van der Waals surface area contributed by atoms with Crippen LogP contribution in [0.15, 0.2) is 30.0 Å². The van der Waals surface area contributed by atoms with Crippen LogP contribution in [0.5, 0.6) is 5.75 Å². The van der Waals surface area contributed by atoms with Crippen molar-refractivity contribution in [2.75, 3.05) is 0 Å². The minimum absolute atomic E-state index is 0.131. The Hall–Kier alpha value is -1.67. The first-order chi connectivity index (χ1) is 19.3. The number of carbonyl (C=O) groups excluding carboxylic acids is 2. The van der Waals surface area contributed by atoms with E-state index in [4.69, 9.17) is 8.85 Å². The van der Waals surface area contributed by atoms with E-state index in [0.29, 0.717) is 16.9 Å². The fourth-order valence-corrected chi connectivity index (χ4v) is 15.4. The summed E-state index contributed by atoms with van der Waals surface area (Å²) in [7, 11) is -4.32. The van der Waals surface area contributed by atoms with Crippen molar-refractivity contribution in [1.29, 1.82) is 0 Å². The minimum atomic E-state index is -2.20. The van der Waals surface area contributed by atoms with Gasteiger partial charge in [0.05, 0.1) is 5.56 Å². The van der Waals surface area contributed by atoms with E-state index in [1.54, 1.807) is 6.07 Å². The average Bonchev–Trinajstić information content (AvgIpc) is 2.97. The molecule has 0 aliphatic heterocycles. The van der Waals surface area contributed by atoms with E-state index in [1.165, 1.54) is 6.08 Å². The van der Waals surface area contributed by atoms with Gasteiger partial charge in [-0.2, -0.15) is 0 Å². The van der Waals surface area contributed by atoms with Crippen molar-refractivity contribution in [3.63, 3.8) is 0 Å². The molecule has 0 N–H and O–H groups in total. The van der Waals surface area contributed by atoms with Crippen molar-refractivity contribution in [3.8, 4) is 5.75 Å². The second-order valence-electron chi connectivity index (χ2n) is 12.1. The number of unbranched alkanes of at least 4 members (excludes halogenated alkanes) is 6. The Morgan fingerprint density at radius 1 is 0.575 bits per heavy atom. The molecule has 0 spiro atoms. The fraction of sp³-hybridized carbons (Fsp3) is 0.706. The molecule has 4 nitrogen and oxygen atoms in total. The van der Waals surface area contributed by atoms with Gasteiger partial charge in [-0.1, -0.05) is 125 Å². The van der Waals surface area contributed by atoms with Crippen LogP contribution in [-0.2, 0) is 4.43 Å². The van der Waals surface area contributed by atoms with E-state index < -0.39 is 16.6 Å². The molecule has 0 amide bonds. The first-order valence-electron chi connectivity index (χ1n) is 16.7. The molecule has 0 saturated carbocycles. The third kappa shape index (κ3) is 9.71. The van der Waals surface area contributed by atoms with Crippen molar-refractivity contribution in [2.24, 2.45) is 0 Å². The maximum atomic E-state index is 13.9. The van der Waals surface area contributed by atoms with E-state index in [9.17, 15) is 9.59 Å². The Balaban J connectivity index is 2.46. The van der Waals surface area contributed by atoms with Gasteiger partial charge in [-0.3, -0.25) is 9.59 Å². The molecule has 0 radical (unpaired) electrons. The molecule has 0 heterocycles. The molecule has 0 saturated heterocycles. The topological polar surface area (TPSA) is 52.6 Å².